The molecular weight excluding hydrogens is 226 g/mol. The second kappa shape index (κ2) is 5.00. The molecule has 1 unspecified atom stereocenters. The van der Waals surface area contributed by atoms with Crippen molar-refractivity contribution in [2.45, 2.75) is 25.7 Å². The van der Waals surface area contributed by atoms with Gasteiger partial charge in [0.05, 0.1) is 0 Å². The van der Waals surface area contributed by atoms with Crippen molar-refractivity contribution in [2.75, 3.05) is 32.7 Å². The number of piperidine rings is 1. The summed E-state index contributed by atoms with van der Waals surface area (Å²) in [5.41, 5.74) is 5.63. The monoisotopic (exact) mass is 247 g/mol. The summed E-state index contributed by atoms with van der Waals surface area (Å²) in [6, 6.07) is 0. The highest BCUT2D eigenvalue weighted by atomic mass is 32.2. The summed E-state index contributed by atoms with van der Waals surface area (Å²) >= 11 is 0. The summed E-state index contributed by atoms with van der Waals surface area (Å²) in [6.45, 7) is 3.23. The van der Waals surface area contributed by atoms with Crippen LogP contribution >= 0.6 is 0 Å². The van der Waals surface area contributed by atoms with E-state index in [4.69, 9.17) is 5.73 Å². The molecule has 0 spiro atoms. The van der Waals surface area contributed by atoms with Crippen molar-refractivity contribution in [1.29, 1.82) is 0 Å². The molecule has 0 aromatic carbocycles. The Morgan fingerprint density at radius 2 is 1.69 bits per heavy atom. The number of nitrogens with zero attached hydrogens (tertiary/aromatic N) is 2. The van der Waals surface area contributed by atoms with Crippen LogP contribution in [0.5, 0.6) is 0 Å². The number of hydrogen-bond acceptors (Lipinski definition) is 3. The molecule has 0 radical (unpaired) electrons. The van der Waals surface area contributed by atoms with Crippen LogP contribution in [0.4, 0.5) is 0 Å². The zero-order valence-corrected chi connectivity index (χ0v) is 10.5. The number of rotatable bonds is 3. The molecule has 0 aromatic heterocycles. The highest BCUT2D eigenvalue weighted by molar-refractivity contribution is 7.86. The molecule has 0 aromatic rings. The lowest BCUT2D eigenvalue weighted by Gasteiger charge is -2.33. The smallest absolute Gasteiger partial charge is 0.281 e. The molecule has 2 fully saturated rings. The SMILES string of the molecule is NCC1CCCN(S(=O)(=O)N2CCCC2)C1. The fourth-order valence-corrected chi connectivity index (χ4v) is 4.32. The van der Waals surface area contributed by atoms with Crippen molar-refractivity contribution in [1.82, 2.24) is 8.61 Å². The molecule has 2 heterocycles. The normalized spacial score (nSPS) is 29.7. The largest absolute Gasteiger partial charge is 0.330 e. The lowest BCUT2D eigenvalue weighted by molar-refractivity contribution is 0.256. The third-order valence-electron chi connectivity index (χ3n) is 3.53. The summed E-state index contributed by atoms with van der Waals surface area (Å²) in [4.78, 5) is 0. The van der Waals surface area contributed by atoms with Gasteiger partial charge in [-0.2, -0.15) is 17.0 Å². The zero-order chi connectivity index (χ0) is 11.6. The first-order valence-electron chi connectivity index (χ1n) is 6.10. The molecule has 94 valence electrons. The maximum atomic E-state index is 12.3. The van der Waals surface area contributed by atoms with Crippen LogP contribution in [0.2, 0.25) is 0 Å². The second-order valence-electron chi connectivity index (χ2n) is 4.72. The highest BCUT2D eigenvalue weighted by Crippen LogP contribution is 2.22. The van der Waals surface area contributed by atoms with Crippen LogP contribution in [0.25, 0.3) is 0 Å². The molecular formula is C10H21N3O2S. The van der Waals surface area contributed by atoms with Gasteiger partial charge in [0.1, 0.15) is 0 Å². The second-order valence-corrected chi connectivity index (χ2v) is 6.64. The Kier molecular flexibility index (Phi) is 3.84. The first-order valence-corrected chi connectivity index (χ1v) is 7.49. The summed E-state index contributed by atoms with van der Waals surface area (Å²) in [6.07, 6.45) is 3.98. The number of hydrogen-bond donors (Lipinski definition) is 1. The Morgan fingerprint density at radius 3 is 2.31 bits per heavy atom. The Balaban J connectivity index is 2.04. The standard InChI is InChI=1S/C10H21N3O2S/c11-8-10-4-3-7-13(9-10)16(14,15)12-5-1-2-6-12/h10H,1-9,11H2. The molecule has 0 amide bonds. The zero-order valence-electron chi connectivity index (χ0n) is 9.64. The van der Waals surface area contributed by atoms with Crippen molar-refractivity contribution in [3.63, 3.8) is 0 Å². The van der Waals surface area contributed by atoms with Gasteiger partial charge in [-0.05, 0) is 38.1 Å². The van der Waals surface area contributed by atoms with Gasteiger partial charge >= 0.3 is 0 Å². The molecule has 5 nitrogen and oxygen atoms in total. The Bertz CT molecular complexity index is 325. The Hall–Kier alpha value is -0.170. The van der Waals surface area contributed by atoms with Gasteiger partial charge in [0.2, 0.25) is 0 Å². The van der Waals surface area contributed by atoms with E-state index in [0.717, 1.165) is 25.7 Å². The van der Waals surface area contributed by atoms with E-state index in [1.54, 1.807) is 8.61 Å². The fourth-order valence-electron chi connectivity index (χ4n) is 2.51. The maximum absolute atomic E-state index is 12.3. The van der Waals surface area contributed by atoms with Crippen LogP contribution in [0.3, 0.4) is 0 Å². The van der Waals surface area contributed by atoms with Crippen LogP contribution in [0, 0.1) is 5.92 Å². The van der Waals surface area contributed by atoms with Gasteiger partial charge in [-0.25, -0.2) is 0 Å². The molecule has 2 saturated heterocycles. The Labute approximate surface area is 97.8 Å². The van der Waals surface area contributed by atoms with Crippen LogP contribution in [-0.4, -0.2) is 49.8 Å². The summed E-state index contributed by atoms with van der Waals surface area (Å²) in [5.74, 6) is 0.339. The minimum Gasteiger partial charge on any atom is -0.330 e. The van der Waals surface area contributed by atoms with E-state index in [1.165, 1.54) is 0 Å². The van der Waals surface area contributed by atoms with Gasteiger partial charge in [0, 0.05) is 26.2 Å². The molecule has 2 aliphatic rings. The molecule has 2 aliphatic heterocycles. The molecule has 0 bridgehead atoms. The van der Waals surface area contributed by atoms with Crippen molar-refractivity contribution in [3.8, 4) is 0 Å². The van der Waals surface area contributed by atoms with Gasteiger partial charge in [-0.1, -0.05) is 0 Å². The maximum Gasteiger partial charge on any atom is 0.281 e. The average Bonchev–Trinajstić information content (AvgIpc) is 2.83. The third-order valence-corrected chi connectivity index (χ3v) is 5.53. The van der Waals surface area contributed by atoms with Crippen molar-refractivity contribution in [3.05, 3.63) is 0 Å². The van der Waals surface area contributed by atoms with Gasteiger partial charge in [0.25, 0.3) is 10.2 Å². The van der Waals surface area contributed by atoms with E-state index in [1.807, 2.05) is 0 Å². The molecule has 2 rings (SSSR count). The van der Waals surface area contributed by atoms with Crippen LogP contribution in [0.1, 0.15) is 25.7 Å². The number of nitrogens with two attached hydrogens (primary N) is 1. The van der Waals surface area contributed by atoms with Crippen molar-refractivity contribution < 1.29 is 8.42 Å². The van der Waals surface area contributed by atoms with Crippen LogP contribution < -0.4 is 5.73 Å². The van der Waals surface area contributed by atoms with E-state index in [2.05, 4.69) is 0 Å². The van der Waals surface area contributed by atoms with E-state index in [-0.39, 0.29) is 0 Å². The van der Waals surface area contributed by atoms with Gasteiger partial charge in [-0.15, -0.1) is 0 Å². The minimum absolute atomic E-state index is 0.339. The average molecular weight is 247 g/mol. The highest BCUT2D eigenvalue weighted by Gasteiger charge is 2.34. The lowest BCUT2D eigenvalue weighted by atomic mass is 10.0. The predicted octanol–water partition coefficient (Wildman–Crippen LogP) is -0.00230. The van der Waals surface area contributed by atoms with Crippen molar-refractivity contribution in [2.24, 2.45) is 11.7 Å². The van der Waals surface area contributed by atoms with E-state index >= 15 is 0 Å². The van der Waals surface area contributed by atoms with Crippen LogP contribution in [-0.2, 0) is 10.2 Å². The Morgan fingerprint density at radius 1 is 1.06 bits per heavy atom. The van der Waals surface area contributed by atoms with Gasteiger partial charge < -0.3 is 5.73 Å². The first kappa shape index (κ1) is 12.3. The van der Waals surface area contributed by atoms with E-state index < -0.39 is 10.2 Å². The third kappa shape index (κ3) is 2.40. The summed E-state index contributed by atoms with van der Waals surface area (Å²) in [5, 5.41) is 0. The predicted molar refractivity (Wildman–Crippen MR) is 63.1 cm³/mol. The lowest BCUT2D eigenvalue weighted by Crippen LogP contribution is -2.48. The quantitative estimate of drug-likeness (QED) is 0.763. The van der Waals surface area contributed by atoms with E-state index in [0.29, 0.717) is 38.6 Å². The van der Waals surface area contributed by atoms with Crippen molar-refractivity contribution >= 4 is 10.2 Å². The summed E-state index contributed by atoms with van der Waals surface area (Å²) < 4.78 is 27.8. The topological polar surface area (TPSA) is 66.6 Å². The first-order chi connectivity index (χ1) is 7.64. The van der Waals surface area contributed by atoms with Gasteiger partial charge in [0.15, 0.2) is 0 Å². The summed E-state index contributed by atoms with van der Waals surface area (Å²) in [7, 11) is -3.19. The molecule has 0 aliphatic carbocycles. The molecule has 2 N–H and O–H groups in total. The molecule has 0 saturated carbocycles. The van der Waals surface area contributed by atoms with Crippen LogP contribution in [0.15, 0.2) is 0 Å². The van der Waals surface area contributed by atoms with E-state index in [9.17, 15) is 8.42 Å². The molecule has 16 heavy (non-hydrogen) atoms. The molecule has 6 heteroatoms. The fraction of sp³-hybridized carbons (Fsp3) is 1.00. The molecule has 1 atom stereocenters. The van der Waals surface area contributed by atoms with Gasteiger partial charge in [-0.3, -0.25) is 0 Å². The minimum atomic E-state index is -3.19.